The topological polar surface area (TPSA) is 51.5 Å². The van der Waals surface area contributed by atoms with Crippen LogP contribution >= 0.6 is 11.8 Å². The van der Waals surface area contributed by atoms with Gasteiger partial charge in [0.15, 0.2) is 0 Å². The maximum Gasteiger partial charge on any atom is 0.259 e. The van der Waals surface area contributed by atoms with Gasteiger partial charge in [-0.1, -0.05) is 18.2 Å². The van der Waals surface area contributed by atoms with Gasteiger partial charge < -0.3 is 14.5 Å². The fourth-order valence-electron chi connectivity index (χ4n) is 2.99. The first-order chi connectivity index (χ1) is 12.7. The molecule has 1 N–H and O–H groups in total. The van der Waals surface area contributed by atoms with Gasteiger partial charge in [0.05, 0.1) is 12.7 Å². The summed E-state index contributed by atoms with van der Waals surface area (Å²) in [6.07, 6.45) is 1.99. The van der Waals surface area contributed by atoms with Crippen molar-refractivity contribution in [1.82, 2.24) is 0 Å². The number of hydrogen-bond donors (Lipinski definition) is 1. The van der Waals surface area contributed by atoms with Gasteiger partial charge >= 0.3 is 0 Å². The number of carbonyl (C=O) groups excluding carboxylic acids is 1. The Kier molecular flexibility index (Phi) is 4.31. The Labute approximate surface area is 155 Å². The average Bonchev–Trinajstić information content (AvgIpc) is 3.05. The van der Waals surface area contributed by atoms with Crippen molar-refractivity contribution in [3.05, 3.63) is 66.2 Å². The summed E-state index contributed by atoms with van der Waals surface area (Å²) >= 11 is 1.60. The molecule has 0 saturated carbocycles. The number of thioether (sulfide) groups is 1. The molecule has 5 heteroatoms. The lowest BCUT2D eigenvalue weighted by molar-refractivity contribution is 0.102. The molecular weight excluding hydrogens is 346 g/mol. The molecule has 1 amide bonds. The molecule has 26 heavy (non-hydrogen) atoms. The largest absolute Gasteiger partial charge is 0.496 e. The molecule has 4 aromatic rings. The maximum atomic E-state index is 12.7. The average molecular weight is 363 g/mol. The van der Waals surface area contributed by atoms with E-state index in [-0.39, 0.29) is 5.91 Å². The van der Waals surface area contributed by atoms with Gasteiger partial charge in [0.2, 0.25) is 0 Å². The van der Waals surface area contributed by atoms with E-state index >= 15 is 0 Å². The van der Waals surface area contributed by atoms with Crippen molar-refractivity contribution >= 4 is 45.3 Å². The second kappa shape index (κ2) is 6.77. The van der Waals surface area contributed by atoms with Gasteiger partial charge in [0, 0.05) is 21.4 Å². The summed E-state index contributed by atoms with van der Waals surface area (Å²) in [4.78, 5) is 13.8. The summed E-state index contributed by atoms with van der Waals surface area (Å²) in [5, 5.41) is 4.95. The van der Waals surface area contributed by atoms with Crippen LogP contribution in [0.2, 0.25) is 0 Å². The van der Waals surface area contributed by atoms with Gasteiger partial charge in [-0.3, -0.25) is 4.79 Å². The molecule has 1 aromatic heterocycles. The molecule has 0 fully saturated rings. The first-order valence-electron chi connectivity index (χ1n) is 8.14. The summed E-state index contributed by atoms with van der Waals surface area (Å²) in [5.74, 6) is 0.353. The molecular formula is C21H17NO3S. The quantitative estimate of drug-likeness (QED) is 0.482. The third-order valence-corrected chi connectivity index (χ3v) is 5.01. The van der Waals surface area contributed by atoms with Gasteiger partial charge in [-0.05, 0) is 48.7 Å². The van der Waals surface area contributed by atoms with Crippen LogP contribution in [-0.4, -0.2) is 19.3 Å². The Morgan fingerprint density at radius 2 is 1.81 bits per heavy atom. The third kappa shape index (κ3) is 2.91. The SMILES string of the molecule is COc1cc(SC)ccc1C(=O)Nc1ccc2oc3ccccc3c2c1. The van der Waals surface area contributed by atoms with E-state index in [1.807, 2.05) is 60.9 Å². The summed E-state index contributed by atoms with van der Waals surface area (Å²) < 4.78 is 11.2. The Hall–Kier alpha value is -2.92. The monoisotopic (exact) mass is 363 g/mol. The number of furan rings is 1. The highest BCUT2D eigenvalue weighted by Crippen LogP contribution is 2.31. The Morgan fingerprint density at radius 1 is 1.00 bits per heavy atom. The number of hydrogen-bond acceptors (Lipinski definition) is 4. The highest BCUT2D eigenvalue weighted by molar-refractivity contribution is 7.98. The Balaban J connectivity index is 1.68. The minimum Gasteiger partial charge on any atom is -0.496 e. The lowest BCUT2D eigenvalue weighted by Gasteiger charge is -2.10. The van der Waals surface area contributed by atoms with Crippen molar-refractivity contribution in [2.75, 3.05) is 18.7 Å². The van der Waals surface area contributed by atoms with E-state index in [0.717, 1.165) is 26.8 Å². The highest BCUT2D eigenvalue weighted by Gasteiger charge is 2.14. The van der Waals surface area contributed by atoms with Gasteiger partial charge in [0.25, 0.3) is 5.91 Å². The fraction of sp³-hybridized carbons (Fsp3) is 0.0952. The predicted molar refractivity (Wildman–Crippen MR) is 106 cm³/mol. The second-order valence-electron chi connectivity index (χ2n) is 5.83. The number of rotatable bonds is 4. The smallest absolute Gasteiger partial charge is 0.259 e. The van der Waals surface area contributed by atoms with Crippen LogP contribution in [0, 0.1) is 0 Å². The number of carbonyl (C=O) groups is 1. The van der Waals surface area contributed by atoms with E-state index in [1.165, 1.54) is 0 Å². The Morgan fingerprint density at radius 3 is 2.62 bits per heavy atom. The van der Waals surface area contributed by atoms with Crippen molar-refractivity contribution in [2.45, 2.75) is 4.90 Å². The minimum atomic E-state index is -0.207. The van der Waals surface area contributed by atoms with E-state index in [2.05, 4.69) is 5.32 Å². The number of benzene rings is 3. The standard InChI is InChI=1S/C21H17NO3S/c1-24-20-12-14(26-2)8-9-16(20)21(23)22-13-7-10-19-17(11-13)15-5-3-4-6-18(15)25-19/h3-12H,1-2H3,(H,22,23). The van der Waals surface area contributed by atoms with Crippen LogP contribution in [0.1, 0.15) is 10.4 Å². The molecule has 0 atom stereocenters. The number of amides is 1. The first kappa shape index (κ1) is 16.5. The molecule has 0 saturated heterocycles. The van der Waals surface area contributed by atoms with Crippen LogP contribution in [0.25, 0.3) is 21.9 Å². The number of para-hydroxylation sites is 1. The first-order valence-corrected chi connectivity index (χ1v) is 9.37. The number of ether oxygens (including phenoxy) is 1. The van der Waals surface area contributed by atoms with Crippen LogP contribution in [0.3, 0.4) is 0 Å². The van der Waals surface area contributed by atoms with Crippen LogP contribution in [-0.2, 0) is 0 Å². The van der Waals surface area contributed by atoms with Gasteiger partial charge in [-0.15, -0.1) is 11.8 Å². The molecule has 0 aliphatic carbocycles. The lowest BCUT2D eigenvalue weighted by atomic mass is 10.1. The van der Waals surface area contributed by atoms with Crippen molar-refractivity contribution in [3.8, 4) is 5.75 Å². The van der Waals surface area contributed by atoms with E-state index in [4.69, 9.17) is 9.15 Å². The highest BCUT2D eigenvalue weighted by atomic mass is 32.2. The summed E-state index contributed by atoms with van der Waals surface area (Å²) in [6.45, 7) is 0. The van der Waals surface area contributed by atoms with E-state index in [1.54, 1.807) is 24.9 Å². The number of anilines is 1. The van der Waals surface area contributed by atoms with Crippen LogP contribution in [0.4, 0.5) is 5.69 Å². The third-order valence-electron chi connectivity index (χ3n) is 4.29. The van der Waals surface area contributed by atoms with Crippen LogP contribution < -0.4 is 10.1 Å². The molecule has 0 radical (unpaired) electrons. The molecule has 1 heterocycles. The van der Waals surface area contributed by atoms with Crippen molar-refractivity contribution < 1.29 is 13.9 Å². The summed E-state index contributed by atoms with van der Waals surface area (Å²) in [7, 11) is 1.57. The second-order valence-corrected chi connectivity index (χ2v) is 6.71. The van der Waals surface area contributed by atoms with Crippen LogP contribution in [0.5, 0.6) is 5.75 Å². The summed E-state index contributed by atoms with van der Waals surface area (Å²) in [6, 6.07) is 19.1. The molecule has 130 valence electrons. The molecule has 0 bridgehead atoms. The predicted octanol–water partition coefficient (Wildman–Crippen LogP) is 5.57. The Bertz CT molecular complexity index is 1120. The number of nitrogens with one attached hydrogen (secondary N) is 1. The maximum absolute atomic E-state index is 12.7. The number of methoxy groups -OCH3 is 1. The van der Waals surface area contributed by atoms with Crippen molar-refractivity contribution in [2.24, 2.45) is 0 Å². The minimum absolute atomic E-state index is 0.207. The molecule has 4 nitrogen and oxygen atoms in total. The molecule has 3 aromatic carbocycles. The van der Waals surface area contributed by atoms with Crippen LogP contribution in [0.15, 0.2) is 70.0 Å². The van der Waals surface area contributed by atoms with Gasteiger partial charge in [0.1, 0.15) is 16.9 Å². The van der Waals surface area contributed by atoms with E-state index in [0.29, 0.717) is 17.0 Å². The zero-order valence-corrected chi connectivity index (χ0v) is 15.2. The van der Waals surface area contributed by atoms with Crippen molar-refractivity contribution in [1.29, 1.82) is 0 Å². The number of fused-ring (bicyclic) bond motifs is 3. The fourth-order valence-corrected chi connectivity index (χ4v) is 3.42. The lowest BCUT2D eigenvalue weighted by Crippen LogP contribution is -2.13. The normalized spacial score (nSPS) is 11.0. The summed E-state index contributed by atoms with van der Waals surface area (Å²) in [5.41, 5.74) is 2.85. The molecule has 0 aliphatic rings. The van der Waals surface area contributed by atoms with E-state index in [9.17, 15) is 4.79 Å². The van der Waals surface area contributed by atoms with Gasteiger partial charge in [-0.2, -0.15) is 0 Å². The van der Waals surface area contributed by atoms with Gasteiger partial charge in [-0.25, -0.2) is 0 Å². The van der Waals surface area contributed by atoms with E-state index < -0.39 is 0 Å². The molecule has 4 rings (SSSR count). The molecule has 0 unspecified atom stereocenters. The van der Waals surface area contributed by atoms with Crippen molar-refractivity contribution in [3.63, 3.8) is 0 Å². The zero-order valence-electron chi connectivity index (χ0n) is 14.4. The molecule has 0 spiro atoms. The molecule has 0 aliphatic heterocycles. The zero-order chi connectivity index (χ0) is 18.1.